The number of aliphatic hydroxyl groups is 1. The lowest BCUT2D eigenvalue weighted by Gasteiger charge is -2.41. The summed E-state index contributed by atoms with van der Waals surface area (Å²) in [5.41, 5.74) is -2.80. The number of nitrogens with zero attached hydrogens (tertiary/aromatic N) is 2. The van der Waals surface area contributed by atoms with Gasteiger partial charge in [0.1, 0.15) is 5.75 Å². The lowest BCUT2D eigenvalue weighted by atomic mass is 9.74. The van der Waals surface area contributed by atoms with Gasteiger partial charge in [0, 0.05) is 32.7 Å². The van der Waals surface area contributed by atoms with Crippen LogP contribution < -0.4 is 4.74 Å². The third kappa shape index (κ3) is 6.21. The minimum atomic E-state index is -5.13. The van der Waals surface area contributed by atoms with Crippen LogP contribution in [0.15, 0.2) is 42.5 Å². The van der Waals surface area contributed by atoms with Crippen LogP contribution in [0, 0.1) is 11.8 Å². The molecular formula is C31H36ClF3N2O4. The van der Waals surface area contributed by atoms with Gasteiger partial charge in [-0.05, 0) is 86.5 Å². The molecule has 1 heterocycles. The van der Waals surface area contributed by atoms with Crippen molar-refractivity contribution >= 4 is 23.4 Å². The number of hydrogen-bond acceptors (Lipinski definition) is 4. The molecule has 1 aliphatic heterocycles. The first-order valence-electron chi connectivity index (χ1n) is 14.2. The fourth-order valence-electron chi connectivity index (χ4n) is 6.05. The molecule has 1 atom stereocenters. The molecule has 0 unspecified atom stereocenters. The highest BCUT2D eigenvalue weighted by Crippen LogP contribution is 2.45. The Hall–Kier alpha value is -2.78. The number of likely N-dealkylation sites (tertiary alicyclic amines) is 1. The fourth-order valence-corrected chi connectivity index (χ4v) is 6.31. The highest BCUT2D eigenvalue weighted by atomic mass is 35.5. The van der Waals surface area contributed by atoms with Crippen LogP contribution in [0.3, 0.4) is 0 Å². The molecule has 0 radical (unpaired) electrons. The number of hydrogen-bond donors (Lipinski definition) is 1. The lowest BCUT2D eigenvalue weighted by Crippen LogP contribution is -2.57. The van der Waals surface area contributed by atoms with Crippen LogP contribution in [0.1, 0.15) is 72.3 Å². The van der Waals surface area contributed by atoms with Crippen molar-refractivity contribution in [2.45, 2.75) is 68.7 Å². The van der Waals surface area contributed by atoms with E-state index >= 15 is 0 Å². The monoisotopic (exact) mass is 592 g/mol. The van der Waals surface area contributed by atoms with E-state index < -0.39 is 23.2 Å². The van der Waals surface area contributed by atoms with E-state index in [2.05, 4.69) is 0 Å². The van der Waals surface area contributed by atoms with Crippen molar-refractivity contribution in [2.24, 2.45) is 11.8 Å². The molecule has 0 bridgehead atoms. The highest BCUT2D eigenvalue weighted by molar-refractivity contribution is 6.34. The molecule has 222 valence electrons. The highest BCUT2D eigenvalue weighted by Gasteiger charge is 2.62. The average molecular weight is 593 g/mol. The topological polar surface area (TPSA) is 70.1 Å². The van der Waals surface area contributed by atoms with Crippen LogP contribution in [-0.2, 0) is 10.4 Å². The minimum Gasteiger partial charge on any atom is -0.490 e. The molecule has 10 heteroatoms. The van der Waals surface area contributed by atoms with Crippen molar-refractivity contribution in [3.8, 4) is 5.75 Å². The van der Waals surface area contributed by atoms with Crippen molar-refractivity contribution < 1.29 is 32.6 Å². The molecule has 0 aromatic heterocycles. The number of carbonyl (C=O) groups excluding carboxylic acids is 2. The zero-order valence-electron chi connectivity index (χ0n) is 23.3. The molecule has 0 spiro atoms. The first-order chi connectivity index (χ1) is 19.4. The van der Waals surface area contributed by atoms with Crippen LogP contribution in [0.5, 0.6) is 5.75 Å². The third-order valence-corrected chi connectivity index (χ3v) is 9.03. The molecule has 2 aromatic rings. The summed E-state index contributed by atoms with van der Waals surface area (Å²) >= 11 is 6.28. The van der Waals surface area contributed by atoms with Gasteiger partial charge in [-0.3, -0.25) is 9.59 Å². The summed E-state index contributed by atoms with van der Waals surface area (Å²) in [5.74, 6) is 0.0872. The SMILES string of the molecule is CN(C)C(=O)c1ccc(O[C@H]2C[C@@H](CC3CCN(C(=O)[C@](O)(c4cccc(C5CC5)c4)C(F)(F)F)CC3)C2)cc1Cl. The predicted molar refractivity (Wildman–Crippen MR) is 149 cm³/mol. The normalized spacial score (nSPS) is 23.0. The van der Waals surface area contributed by atoms with Crippen LogP contribution in [0.2, 0.25) is 5.02 Å². The molecule has 6 nitrogen and oxygen atoms in total. The first-order valence-corrected chi connectivity index (χ1v) is 14.6. The molecule has 1 saturated heterocycles. The van der Waals surface area contributed by atoms with Crippen molar-refractivity contribution in [1.82, 2.24) is 9.80 Å². The molecule has 1 N–H and O–H groups in total. The molecule has 2 aromatic carbocycles. The number of ether oxygens (including phenoxy) is 1. The largest absolute Gasteiger partial charge is 0.490 e. The molecule has 3 aliphatic rings. The van der Waals surface area contributed by atoms with E-state index in [1.54, 1.807) is 38.4 Å². The maximum Gasteiger partial charge on any atom is 0.430 e. The Morgan fingerprint density at radius 1 is 1.02 bits per heavy atom. The molecule has 2 amide bonds. The Kier molecular flexibility index (Phi) is 8.32. The quantitative estimate of drug-likeness (QED) is 0.399. The van der Waals surface area contributed by atoms with Gasteiger partial charge in [0.2, 0.25) is 0 Å². The van der Waals surface area contributed by atoms with Crippen molar-refractivity contribution in [3.05, 3.63) is 64.2 Å². The summed E-state index contributed by atoms with van der Waals surface area (Å²) in [5, 5.41) is 11.2. The number of benzene rings is 2. The summed E-state index contributed by atoms with van der Waals surface area (Å²) in [6, 6.07) is 10.8. The van der Waals surface area contributed by atoms with E-state index in [1.165, 1.54) is 28.0 Å². The standard InChI is InChI=1S/C31H36ClF3N2O4/c1-36(2)28(38)26-9-8-24(18-27(26)32)41-25-15-20(16-25)14-19-10-12-37(13-11-19)29(39)30(40,31(33,34)35)23-5-3-4-22(17-23)21-6-7-21/h3-5,8-9,17-21,25,40H,6-7,10-16H2,1-2H3/t20-,25+,30-/m1/s1. The number of carbonyl (C=O) groups is 2. The second kappa shape index (κ2) is 11.5. The number of piperidine rings is 1. The van der Waals surface area contributed by atoms with Crippen LogP contribution in [0.4, 0.5) is 13.2 Å². The van der Waals surface area contributed by atoms with Gasteiger partial charge in [0.15, 0.2) is 0 Å². The summed E-state index contributed by atoms with van der Waals surface area (Å²) in [6.07, 6.45) is 0.569. The maximum atomic E-state index is 14.2. The van der Waals surface area contributed by atoms with Gasteiger partial charge in [0.25, 0.3) is 17.4 Å². The molecule has 2 saturated carbocycles. The Labute approximate surface area is 243 Å². The Balaban J connectivity index is 1.12. The van der Waals surface area contributed by atoms with Crippen molar-refractivity contribution in [2.75, 3.05) is 27.2 Å². The molecule has 5 rings (SSSR count). The van der Waals surface area contributed by atoms with E-state index in [4.69, 9.17) is 16.3 Å². The van der Waals surface area contributed by atoms with Gasteiger partial charge in [-0.2, -0.15) is 13.2 Å². The Morgan fingerprint density at radius 3 is 2.29 bits per heavy atom. The van der Waals surface area contributed by atoms with Gasteiger partial charge in [0.05, 0.1) is 16.7 Å². The minimum absolute atomic E-state index is 0.0429. The number of amides is 2. The third-order valence-electron chi connectivity index (χ3n) is 8.71. The fraction of sp³-hybridized carbons (Fsp3) is 0.548. The maximum absolute atomic E-state index is 14.2. The smallest absolute Gasteiger partial charge is 0.430 e. The van der Waals surface area contributed by atoms with Crippen LogP contribution in [-0.4, -0.2) is 66.2 Å². The zero-order valence-corrected chi connectivity index (χ0v) is 24.0. The van der Waals surface area contributed by atoms with Crippen molar-refractivity contribution in [3.63, 3.8) is 0 Å². The molecule has 2 aliphatic carbocycles. The van der Waals surface area contributed by atoms with E-state index in [0.29, 0.717) is 41.0 Å². The summed E-state index contributed by atoms with van der Waals surface area (Å²) in [4.78, 5) is 28.0. The number of alkyl halides is 3. The number of rotatable bonds is 8. The van der Waals surface area contributed by atoms with E-state index in [-0.39, 0.29) is 31.0 Å². The van der Waals surface area contributed by atoms with Crippen LogP contribution >= 0.6 is 11.6 Å². The summed E-state index contributed by atoms with van der Waals surface area (Å²) in [7, 11) is 3.33. The predicted octanol–water partition coefficient (Wildman–Crippen LogP) is 6.16. The Morgan fingerprint density at radius 2 is 1.71 bits per heavy atom. The lowest BCUT2D eigenvalue weighted by molar-refractivity contribution is -0.262. The molecule has 3 fully saturated rings. The van der Waals surface area contributed by atoms with E-state index in [0.717, 1.165) is 37.7 Å². The van der Waals surface area contributed by atoms with Crippen molar-refractivity contribution in [1.29, 1.82) is 0 Å². The van der Waals surface area contributed by atoms with Crippen LogP contribution in [0.25, 0.3) is 0 Å². The van der Waals surface area contributed by atoms with E-state index in [9.17, 15) is 27.9 Å². The first kappa shape index (κ1) is 29.7. The second-order valence-corrected chi connectivity index (χ2v) is 12.4. The summed E-state index contributed by atoms with van der Waals surface area (Å²) < 4.78 is 48.7. The van der Waals surface area contributed by atoms with Gasteiger partial charge < -0.3 is 19.6 Å². The zero-order chi connectivity index (χ0) is 29.5. The molecule has 41 heavy (non-hydrogen) atoms. The Bertz CT molecular complexity index is 1280. The van der Waals surface area contributed by atoms with Gasteiger partial charge in [-0.25, -0.2) is 0 Å². The number of halogens is 4. The second-order valence-electron chi connectivity index (χ2n) is 12.0. The van der Waals surface area contributed by atoms with E-state index in [1.807, 2.05) is 0 Å². The van der Waals surface area contributed by atoms with Gasteiger partial charge >= 0.3 is 6.18 Å². The van der Waals surface area contributed by atoms with Gasteiger partial charge in [-0.1, -0.05) is 35.9 Å². The molecular weight excluding hydrogens is 557 g/mol. The summed E-state index contributed by atoms with van der Waals surface area (Å²) in [6.45, 7) is 0.376. The van der Waals surface area contributed by atoms with Gasteiger partial charge in [-0.15, -0.1) is 0 Å². The average Bonchev–Trinajstić information content (AvgIpc) is 3.76.